The van der Waals surface area contributed by atoms with E-state index in [0.29, 0.717) is 0 Å². The second-order valence-electron chi connectivity index (χ2n) is 7.93. The molecule has 0 spiro atoms. The summed E-state index contributed by atoms with van der Waals surface area (Å²) in [5.41, 5.74) is 3.30. The van der Waals surface area contributed by atoms with Crippen molar-refractivity contribution in [1.82, 2.24) is 0 Å². The molecule has 1 unspecified atom stereocenters. The van der Waals surface area contributed by atoms with Gasteiger partial charge in [-0.2, -0.15) is 0 Å². The fourth-order valence-corrected chi connectivity index (χ4v) is 4.13. The van der Waals surface area contributed by atoms with E-state index in [4.69, 9.17) is 0 Å². The highest BCUT2D eigenvalue weighted by Crippen LogP contribution is 2.43. The van der Waals surface area contributed by atoms with Gasteiger partial charge >= 0.3 is 0 Å². The standard InChI is InChI=1S/C25H29N2/c1-6-14-21(7-2)25(5)19-24(3,4)26(20-25)27(22-15-10-8-11-16-22)23-17-12-9-13-18-23/h6-18,20H,1-2,19H2,3-5H3/q+1/b21-14+. The summed E-state index contributed by atoms with van der Waals surface area (Å²) < 4.78 is 2.37. The molecule has 1 heterocycles. The first kappa shape index (κ1) is 18.9. The van der Waals surface area contributed by atoms with Crippen LogP contribution in [0.4, 0.5) is 11.4 Å². The molecule has 0 aromatic heterocycles. The van der Waals surface area contributed by atoms with Crippen molar-refractivity contribution in [3.63, 3.8) is 0 Å². The number of hydrogen-bond acceptors (Lipinski definition) is 1. The molecular weight excluding hydrogens is 328 g/mol. The van der Waals surface area contributed by atoms with E-state index in [1.807, 2.05) is 12.2 Å². The van der Waals surface area contributed by atoms with Gasteiger partial charge in [-0.05, 0) is 36.8 Å². The molecule has 2 aromatic carbocycles. The Kier molecular flexibility index (Phi) is 5.18. The third kappa shape index (κ3) is 3.66. The molecule has 0 N–H and O–H groups in total. The predicted octanol–water partition coefficient (Wildman–Crippen LogP) is 6.31. The average molecular weight is 358 g/mol. The lowest BCUT2D eigenvalue weighted by atomic mass is 9.77. The smallest absolute Gasteiger partial charge is 0.121 e. The fraction of sp³-hybridized carbons (Fsp3) is 0.240. The van der Waals surface area contributed by atoms with Gasteiger partial charge in [0.2, 0.25) is 0 Å². The highest BCUT2D eigenvalue weighted by atomic mass is 15.6. The Bertz CT molecular complexity index is 836. The highest BCUT2D eigenvalue weighted by molar-refractivity contribution is 5.72. The van der Waals surface area contributed by atoms with Crippen LogP contribution in [0.15, 0.2) is 97.6 Å². The lowest BCUT2D eigenvalue weighted by molar-refractivity contribution is -0.592. The summed E-state index contributed by atoms with van der Waals surface area (Å²) in [6.45, 7) is 14.8. The number of hydrazine groups is 1. The second kappa shape index (κ2) is 7.40. The molecule has 0 radical (unpaired) electrons. The Morgan fingerprint density at radius 1 is 0.926 bits per heavy atom. The van der Waals surface area contributed by atoms with Gasteiger partial charge in [-0.3, -0.25) is 0 Å². The topological polar surface area (TPSA) is 6.25 Å². The van der Waals surface area contributed by atoms with E-state index in [-0.39, 0.29) is 11.0 Å². The van der Waals surface area contributed by atoms with Gasteiger partial charge in [0.1, 0.15) is 11.4 Å². The molecule has 2 heteroatoms. The van der Waals surface area contributed by atoms with Gasteiger partial charge in [-0.1, -0.05) is 67.8 Å². The van der Waals surface area contributed by atoms with Crippen molar-refractivity contribution in [2.24, 2.45) is 5.41 Å². The van der Waals surface area contributed by atoms with Crippen LogP contribution in [0.25, 0.3) is 0 Å². The minimum atomic E-state index is -0.110. The lowest BCUT2D eigenvalue weighted by Gasteiger charge is -2.27. The predicted molar refractivity (Wildman–Crippen MR) is 117 cm³/mol. The van der Waals surface area contributed by atoms with Crippen molar-refractivity contribution in [1.29, 1.82) is 0 Å². The maximum absolute atomic E-state index is 4.04. The first-order valence-corrected chi connectivity index (χ1v) is 9.42. The van der Waals surface area contributed by atoms with E-state index in [1.54, 1.807) is 0 Å². The number of hydrazone groups is 1. The Morgan fingerprint density at radius 2 is 1.44 bits per heavy atom. The molecule has 2 nitrogen and oxygen atoms in total. The molecule has 27 heavy (non-hydrogen) atoms. The molecule has 2 aromatic rings. The van der Waals surface area contributed by atoms with Gasteiger partial charge in [-0.15, -0.1) is 9.69 Å². The largest absolute Gasteiger partial charge is 0.187 e. The highest BCUT2D eigenvalue weighted by Gasteiger charge is 2.52. The molecule has 0 aliphatic carbocycles. The minimum absolute atomic E-state index is 0.0658. The third-order valence-electron chi connectivity index (χ3n) is 5.22. The van der Waals surface area contributed by atoms with E-state index in [1.165, 1.54) is 5.57 Å². The van der Waals surface area contributed by atoms with E-state index >= 15 is 0 Å². The van der Waals surface area contributed by atoms with Crippen LogP contribution in [0.2, 0.25) is 0 Å². The summed E-state index contributed by atoms with van der Waals surface area (Å²) in [5.74, 6) is 0. The fourth-order valence-electron chi connectivity index (χ4n) is 4.13. The lowest BCUT2D eigenvalue weighted by Crippen LogP contribution is -2.42. The van der Waals surface area contributed by atoms with Crippen LogP contribution in [-0.4, -0.2) is 16.4 Å². The van der Waals surface area contributed by atoms with Gasteiger partial charge in [-0.25, -0.2) is 0 Å². The number of hydrogen-bond donors (Lipinski definition) is 0. The molecular formula is C25H29N2+. The van der Waals surface area contributed by atoms with Gasteiger partial charge in [0.25, 0.3) is 0 Å². The van der Waals surface area contributed by atoms with E-state index in [2.05, 4.69) is 117 Å². The molecule has 1 aliphatic heterocycles. The van der Waals surface area contributed by atoms with Crippen molar-refractivity contribution in [3.05, 3.63) is 97.6 Å². The summed E-state index contributed by atoms with van der Waals surface area (Å²) in [6, 6.07) is 21.1. The summed E-state index contributed by atoms with van der Waals surface area (Å²) in [6.07, 6.45) is 9.19. The number of para-hydroxylation sites is 2. The van der Waals surface area contributed by atoms with Crippen LogP contribution in [0.3, 0.4) is 0 Å². The van der Waals surface area contributed by atoms with E-state index in [9.17, 15) is 0 Å². The molecule has 0 saturated carbocycles. The first-order chi connectivity index (χ1) is 12.9. The van der Waals surface area contributed by atoms with Crippen LogP contribution in [0, 0.1) is 5.41 Å². The van der Waals surface area contributed by atoms with Gasteiger partial charge in [0.05, 0.1) is 5.41 Å². The maximum atomic E-state index is 4.04. The van der Waals surface area contributed by atoms with Crippen molar-refractivity contribution in [2.75, 3.05) is 5.01 Å². The van der Waals surface area contributed by atoms with E-state index < -0.39 is 0 Å². The van der Waals surface area contributed by atoms with Crippen LogP contribution in [-0.2, 0) is 0 Å². The van der Waals surface area contributed by atoms with Crippen molar-refractivity contribution in [3.8, 4) is 0 Å². The molecule has 0 saturated heterocycles. The summed E-state index contributed by atoms with van der Waals surface area (Å²) in [5, 5.41) is 2.31. The molecule has 0 bridgehead atoms. The number of rotatable bonds is 6. The maximum Gasteiger partial charge on any atom is 0.187 e. The van der Waals surface area contributed by atoms with Crippen molar-refractivity contribution >= 4 is 17.6 Å². The average Bonchev–Trinajstić information content (AvgIpc) is 2.91. The number of nitrogens with zero attached hydrogens (tertiary/aromatic N) is 2. The van der Waals surface area contributed by atoms with Crippen LogP contribution in [0.5, 0.6) is 0 Å². The Morgan fingerprint density at radius 3 is 1.89 bits per heavy atom. The van der Waals surface area contributed by atoms with Gasteiger partial charge in [0.15, 0.2) is 11.8 Å². The Hall–Kier alpha value is -2.87. The zero-order valence-electron chi connectivity index (χ0n) is 16.6. The second-order valence-corrected chi connectivity index (χ2v) is 7.93. The van der Waals surface area contributed by atoms with Crippen LogP contribution >= 0.6 is 0 Å². The third-order valence-corrected chi connectivity index (χ3v) is 5.22. The molecule has 1 aliphatic rings. The summed E-state index contributed by atoms with van der Waals surface area (Å²) in [4.78, 5) is 0. The van der Waals surface area contributed by atoms with Crippen molar-refractivity contribution < 1.29 is 4.68 Å². The van der Waals surface area contributed by atoms with Crippen LogP contribution in [0.1, 0.15) is 27.2 Å². The molecule has 1 atom stereocenters. The Labute approximate surface area is 163 Å². The number of anilines is 2. The first-order valence-electron chi connectivity index (χ1n) is 9.42. The number of benzene rings is 2. The Balaban J connectivity index is 2.19. The summed E-state index contributed by atoms with van der Waals surface area (Å²) in [7, 11) is 0. The SMILES string of the molecule is C=C/C=C(\C=C)C1(C)C=[N+](N(c2ccccc2)c2ccccc2)C(C)(C)C1. The minimum Gasteiger partial charge on any atom is -0.121 e. The summed E-state index contributed by atoms with van der Waals surface area (Å²) >= 11 is 0. The number of allylic oxidation sites excluding steroid dienone is 4. The quantitative estimate of drug-likeness (QED) is 0.434. The zero-order valence-corrected chi connectivity index (χ0v) is 16.6. The molecule has 3 rings (SSSR count). The zero-order chi connectivity index (χ0) is 19.5. The molecule has 0 amide bonds. The van der Waals surface area contributed by atoms with Crippen molar-refractivity contribution in [2.45, 2.75) is 32.7 Å². The molecule has 0 fully saturated rings. The van der Waals surface area contributed by atoms with Crippen LogP contribution < -0.4 is 5.01 Å². The normalized spacial score (nSPS) is 21.4. The van der Waals surface area contributed by atoms with E-state index in [0.717, 1.165) is 17.8 Å². The van der Waals surface area contributed by atoms with Gasteiger partial charge < -0.3 is 0 Å². The monoisotopic (exact) mass is 357 g/mol. The van der Waals surface area contributed by atoms with Gasteiger partial charge in [0, 0.05) is 20.3 Å². The molecule has 138 valence electrons.